The van der Waals surface area contributed by atoms with Crippen LogP contribution in [-0.2, 0) is 0 Å². The molecule has 0 aliphatic carbocycles. The molecule has 6 aromatic heterocycles. The molecule has 8 nitrogen and oxygen atoms in total. The zero-order valence-corrected chi connectivity index (χ0v) is 53.8. The molecule has 0 fully saturated rings. The first kappa shape index (κ1) is 57.9. The molecule has 0 amide bonds. The summed E-state index contributed by atoms with van der Waals surface area (Å²) in [4.78, 5) is 20.8. The Bertz CT molecular complexity index is 6210. The number of hydrogen-bond acceptors (Lipinski definition) is 8. The topological polar surface area (TPSA) is 104 Å². The van der Waals surface area contributed by atoms with Crippen LogP contribution in [0.25, 0.3) is 200 Å². The molecule has 468 valence electrons. The molecule has 20 rings (SSSR count). The van der Waals surface area contributed by atoms with Crippen LogP contribution in [0.2, 0.25) is 0 Å². The van der Waals surface area contributed by atoms with E-state index in [9.17, 15) is 0 Å². The van der Waals surface area contributed by atoms with Crippen molar-refractivity contribution in [1.29, 1.82) is 0 Å². The van der Waals surface area contributed by atoms with Crippen molar-refractivity contribution in [2.45, 2.75) is 0 Å². The number of fused-ring (bicyclic) bond motifs is 12. The van der Waals surface area contributed by atoms with Gasteiger partial charge in [-0.2, -0.15) is 0 Å². The molecule has 0 atom stereocenters. The molecule has 0 saturated heterocycles. The molecule has 6 heterocycles. The lowest BCUT2D eigenvalue weighted by Crippen LogP contribution is -1.97. The third kappa shape index (κ3) is 10.7. The minimum Gasteiger partial charge on any atom is -0.456 e. The summed E-state index contributed by atoms with van der Waals surface area (Å²) in [7, 11) is 0. The monoisotopic (exact) mass is 1280 g/mol. The van der Waals surface area contributed by atoms with E-state index in [1.807, 2.05) is 91.0 Å². The van der Waals surface area contributed by atoms with Gasteiger partial charge in [-0.05, 0) is 154 Å². The summed E-state index contributed by atoms with van der Waals surface area (Å²) in [5, 5.41) is 8.74. The van der Waals surface area contributed by atoms with Crippen LogP contribution < -0.4 is 0 Å². The first-order valence-electron chi connectivity index (χ1n) is 33.4. The number of nitrogens with zero attached hydrogens (tertiary/aromatic N) is 4. The second-order valence-electron chi connectivity index (χ2n) is 25.2. The van der Waals surface area contributed by atoms with Gasteiger partial charge >= 0.3 is 0 Å². The lowest BCUT2D eigenvalue weighted by Gasteiger charge is -2.13. The van der Waals surface area contributed by atoms with Crippen LogP contribution in [-0.4, -0.2) is 19.9 Å². The molecule has 0 bridgehead atoms. The van der Waals surface area contributed by atoms with Gasteiger partial charge in [-0.1, -0.05) is 231 Å². The third-order valence-corrected chi connectivity index (χ3v) is 19.0. The molecular weight excluding hydrogens is 1230 g/mol. The lowest BCUT2D eigenvalue weighted by molar-refractivity contribution is 0.668. The van der Waals surface area contributed by atoms with Crippen molar-refractivity contribution in [3.8, 4) is 112 Å². The standard InChI is InChI=1S/2C46H28N2O2/c1-3-11-29(12-4-1)33-23-34(30-13-5-2-6-14-30)25-35(24-33)46-47-40(31-19-21-38-36-15-7-9-17-42(36)49-44(38)26-31)28-41(48-46)32-20-22-39-37-16-8-10-18-43(37)50-45(39)27-32;1-2-9-29(10-3-1)32-11-8-12-33(25-32)30-17-19-31(20-18-30)46-47-40(34-21-23-38-36-13-4-6-15-42(36)49-44(38)26-34)28-41(48-46)35-22-24-39-37-14-5-7-16-43(37)50-45(39)27-35/h2*1-28H. The molecule has 0 aliphatic heterocycles. The lowest BCUT2D eigenvalue weighted by atomic mass is 9.95. The highest BCUT2D eigenvalue weighted by Crippen LogP contribution is 2.41. The molecule has 0 unspecified atom stereocenters. The minimum atomic E-state index is 0.641. The summed E-state index contributed by atoms with van der Waals surface area (Å²) in [5.74, 6) is 1.29. The SMILES string of the molecule is c1ccc(-c2cc(-c3ccccc3)cc(-c3nc(-c4ccc5c(c4)oc4ccccc45)cc(-c4ccc5c(c4)oc4ccccc45)n3)c2)cc1.c1ccc(-c2cccc(-c3ccc(-c4nc(-c5ccc6c(c5)oc5ccccc56)cc(-c5ccc6c(c5)oc5ccccc56)n4)cc3)c2)cc1. The minimum absolute atomic E-state index is 0.641. The number of rotatable bonds is 10. The summed E-state index contributed by atoms with van der Waals surface area (Å²) < 4.78 is 25.1. The zero-order valence-electron chi connectivity index (χ0n) is 53.8. The first-order chi connectivity index (χ1) is 49.5. The van der Waals surface area contributed by atoms with Crippen molar-refractivity contribution in [2.75, 3.05) is 0 Å². The van der Waals surface area contributed by atoms with E-state index in [-0.39, 0.29) is 0 Å². The van der Waals surface area contributed by atoms with E-state index in [2.05, 4.69) is 249 Å². The van der Waals surface area contributed by atoms with E-state index >= 15 is 0 Å². The zero-order chi connectivity index (χ0) is 66.0. The Morgan fingerprint density at radius 3 is 0.730 bits per heavy atom. The fourth-order valence-electron chi connectivity index (χ4n) is 14.0. The summed E-state index contributed by atoms with van der Waals surface area (Å²) in [6, 6.07) is 117. The molecule has 0 radical (unpaired) electrons. The highest BCUT2D eigenvalue weighted by atomic mass is 16.3. The van der Waals surface area contributed by atoms with Gasteiger partial charge in [0, 0.05) is 76.5 Å². The van der Waals surface area contributed by atoms with Crippen LogP contribution in [0.3, 0.4) is 0 Å². The van der Waals surface area contributed by atoms with Crippen LogP contribution >= 0.6 is 0 Å². The Balaban J connectivity index is 0.000000139. The van der Waals surface area contributed by atoms with Gasteiger partial charge in [0.05, 0.1) is 22.8 Å². The van der Waals surface area contributed by atoms with Crippen molar-refractivity contribution < 1.29 is 17.7 Å². The summed E-state index contributed by atoms with van der Waals surface area (Å²) in [6.45, 7) is 0. The maximum Gasteiger partial charge on any atom is 0.160 e. The van der Waals surface area contributed by atoms with Gasteiger partial charge in [0.1, 0.15) is 44.7 Å². The van der Waals surface area contributed by atoms with Gasteiger partial charge in [0.15, 0.2) is 11.6 Å². The Labute approximate surface area is 574 Å². The van der Waals surface area contributed by atoms with Crippen LogP contribution in [0.5, 0.6) is 0 Å². The highest BCUT2D eigenvalue weighted by molar-refractivity contribution is 6.09. The summed E-state index contributed by atoms with van der Waals surface area (Å²) in [5.41, 5.74) is 24.9. The molecule has 100 heavy (non-hydrogen) atoms. The Morgan fingerprint density at radius 2 is 0.380 bits per heavy atom. The van der Waals surface area contributed by atoms with Gasteiger partial charge in [-0.15, -0.1) is 0 Å². The van der Waals surface area contributed by atoms with Gasteiger partial charge in [-0.3, -0.25) is 0 Å². The molecule has 0 N–H and O–H groups in total. The van der Waals surface area contributed by atoms with Crippen molar-refractivity contribution in [3.05, 3.63) is 340 Å². The first-order valence-corrected chi connectivity index (χ1v) is 33.4. The third-order valence-electron chi connectivity index (χ3n) is 19.0. The Morgan fingerprint density at radius 1 is 0.140 bits per heavy atom. The highest BCUT2D eigenvalue weighted by Gasteiger charge is 2.20. The second-order valence-corrected chi connectivity index (χ2v) is 25.2. The van der Waals surface area contributed by atoms with Crippen LogP contribution in [0.15, 0.2) is 357 Å². The predicted molar refractivity (Wildman–Crippen MR) is 408 cm³/mol. The normalized spacial score (nSPS) is 11.6. The smallest absolute Gasteiger partial charge is 0.160 e. The molecular formula is C92H56N4O4. The molecule has 20 aromatic rings. The van der Waals surface area contributed by atoms with E-state index in [4.69, 9.17) is 37.6 Å². The number of para-hydroxylation sites is 4. The fourth-order valence-corrected chi connectivity index (χ4v) is 14.0. The summed E-state index contributed by atoms with van der Waals surface area (Å²) in [6.07, 6.45) is 0. The van der Waals surface area contributed by atoms with E-state index in [0.29, 0.717) is 11.6 Å². The maximum absolute atomic E-state index is 6.29. The largest absolute Gasteiger partial charge is 0.456 e. The maximum atomic E-state index is 6.29. The van der Waals surface area contributed by atoms with E-state index in [1.54, 1.807) is 0 Å². The molecule has 0 spiro atoms. The van der Waals surface area contributed by atoms with Crippen molar-refractivity contribution in [2.24, 2.45) is 0 Å². The molecule has 8 heteroatoms. The summed E-state index contributed by atoms with van der Waals surface area (Å²) >= 11 is 0. The van der Waals surface area contributed by atoms with Gasteiger partial charge in [0.2, 0.25) is 0 Å². The quantitative estimate of drug-likeness (QED) is 0.133. The second kappa shape index (κ2) is 24.3. The van der Waals surface area contributed by atoms with E-state index in [0.717, 1.165) is 177 Å². The van der Waals surface area contributed by atoms with E-state index in [1.165, 1.54) is 11.1 Å². The predicted octanol–water partition coefficient (Wildman–Crippen LogP) is 25.2. The van der Waals surface area contributed by atoms with E-state index < -0.39 is 0 Å². The number of benzene rings is 14. The fraction of sp³-hybridized carbons (Fsp3) is 0. The molecule has 0 saturated carbocycles. The number of hydrogen-bond donors (Lipinski definition) is 0. The van der Waals surface area contributed by atoms with Gasteiger partial charge in [-0.25, -0.2) is 19.9 Å². The van der Waals surface area contributed by atoms with Crippen LogP contribution in [0.4, 0.5) is 0 Å². The number of furan rings is 4. The van der Waals surface area contributed by atoms with Gasteiger partial charge in [0.25, 0.3) is 0 Å². The molecule has 0 aliphatic rings. The van der Waals surface area contributed by atoms with Gasteiger partial charge < -0.3 is 17.7 Å². The van der Waals surface area contributed by atoms with Crippen molar-refractivity contribution >= 4 is 87.8 Å². The average Bonchev–Trinajstić information content (AvgIpc) is 1.40. The van der Waals surface area contributed by atoms with Crippen LogP contribution in [0, 0.1) is 0 Å². The van der Waals surface area contributed by atoms with Crippen molar-refractivity contribution in [1.82, 2.24) is 19.9 Å². The van der Waals surface area contributed by atoms with Crippen molar-refractivity contribution in [3.63, 3.8) is 0 Å². The number of aromatic nitrogens is 4. The van der Waals surface area contributed by atoms with Crippen LogP contribution in [0.1, 0.15) is 0 Å². The Kier molecular flexibility index (Phi) is 14.0. The average molecular weight is 1280 g/mol. The molecule has 14 aromatic carbocycles. The Hall–Kier alpha value is -13.6.